The predicted molar refractivity (Wildman–Crippen MR) is 114 cm³/mol. The van der Waals surface area contributed by atoms with Gasteiger partial charge in [-0.2, -0.15) is 0 Å². The zero-order valence-electron chi connectivity index (χ0n) is 17.7. The zero-order chi connectivity index (χ0) is 20.9. The summed E-state index contributed by atoms with van der Waals surface area (Å²) in [6.07, 6.45) is 4.35. The lowest BCUT2D eigenvalue weighted by Crippen LogP contribution is -2.28. The Labute approximate surface area is 174 Å². The standard InChI is InChI=1S/C23H35ClO4/c1-5-7-13-27-22(25)20(16-21(24)23(26)28-14-8-6-2)15-18(4)19-11-9-17(3)10-12-19/h9-12,18,20-21H,5-8,13-16H2,1-4H3. The number of ether oxygens (including phenoxy) is 2. The summed E-state index contributed by atoms with van der Waals surface area (Å²) in [5.74, 6) is -1.01. The maximum atomic E-state index is 12.6. The molecule has 0 N–H and O–H groups in total. The first-order chi connectivity index (χ1) is 13.4. The van der Waals surface area contributed by atoms with Crippen molar-refractivity contribution in [3.63, 3.8) is 0 Å². The lowest BCUT2D eigenvalue weighted by molar-refractivity contribution is -0.150. The van der Waals surface area contributed by atoms with Crippen LogP contribution in [0.2, 0.25) is 0 Å². The highest BCUT2D eigenvalue weighted by Gasteiger charge is 2.29. The van der Waals surface area contributed by atoms with E-state index in [-0.39, 0.29) is 18.3 Å². The fourth-order valence-electron chi connectivity index (χ4n) is 2.94. The molecule has 0 aliphatic carbocycles. The van der Waals surface area contributed by atoms with Gasteiger partial charge in [0.25, 0.3) is 0 Å². The van der Waals surface area contributed by atoms with Gasteiger partial charge in [0.2, 0.25) is 0 Å². The predicted octanol–water partition coefficient (Wildman–Crippen LogP) is 5.79. The van der Waals surface area contributed by atoms with Crippen LogP contribution in [0.5, 0.6) is 0 Å². The fraction of sp³-hybridized carbons (Fsp3) is 0.652. The molecule has 4 nitrogen and oxygen atoms in total. The van der Waals surface area contributed by atoms with Crippen LogP contribution in [-0.2, 0) is 19.1 Å². The van der Waals surface area contributed by atoms with Gasteiger partial charge in [-0.05, 0) is 44.1 Å². The third kappa shape index (κ3) is 9.09. The fourth-order valence-corrected chi connectivity index (χ4v) is 3.21. The Balaban J connectivity index is 2.75. The first kappa shape index (κ1) is 24.5. The highest BCUT2D eigenvalue weighted by molar-refractivity contribution is 6.30. The first-order valence-electron chi connectivity index (χ1n) is 10.4. The number of carbonyl (C=O) groups excluding carboxylic acids is 2. The number of benzene rings is 1. The van der Waals surface area contributed by atoms with Gasteiger partial charge in [0.15, 0.2) is 0 Å². The third-order valence-electron chi connectivity index (χ3n) is 4.85. The van der Waals surface area contributed by atoms with Crippen LogP contribution in [0.3, 0.4) is 0 Å². The van der Waals surface area contributed by atoms with E-state index in [1.54, 1.807) is 0 Å². The molecule has 0 heterocycles. The van der Waals surface area contributed by atoms with Crippen molar-refractivity contribution < 1.29 is 19.1 Å². The summed E-state index contributed by atoms with van der Waals surface area (Å²) < 4.78 is 10.6. The average molecular weight is 411 g/mol. The normalized spacial score (nSPS) is 14.2. The number of alkyl halides is 1. The molecule has 0 radical (unpaired) electrons. The molecule has 1 rings (SSSR count). The second-order valence-corrected chi connectivity index (χ2v) is 8.02. The molecule has 0 aliphatic rings. The molecule has 1 aromatic rings. The Bertz CT molecular complexity index is 585. The van der Waals surface area contributed by atoms with Crippen LogP contribution in [0.4, 0.5) is 0 Å². The molecule has 5 heteroatoms. The molecule has 3 atom stereocenters. The minimum atomic E-state index is -0.842. The van der Waals surface area contributed by atoms with Gasteiger partial charge in [0.1, 0.15) is 5.38 Å². The Morgan fingerprint density at radius 1 is 0.929 bits per heavy atom. The molecular formula is C23H35ClO4. The smallest absolute Gasteiger partial charge is 0.324 e. The highest BCUT2D eigenvalue weighted by Crippen LogP contribution is 2.28. The maximum absolute atomic E-state index is 12.6. The number of rotatable bonds is 13. The first-order valence-corrected chi connectivity index (χ1v) is 10.9. The minimum Gasteiger partial charge on any atom is -0.465 e. The summed E-state index contributed by atoms with van der Waals surface area (Å²) in [5, 5.41) is -0.842. The number of unbranched alkanes of at least 4 members (excludes halogenated alkanes) is 2. The molecule has 28 heavy (non-hydrogen) atoms. The van der Waals surface area contributed by atoms with Gasteiger partial charge < -0.3 is 9.47 Å². The Morgan fingerprint density at radius 3 is 2.00 bits per heavy atom. The third-order valence-corrected chi connectivity index (χ3v) is 5.21. The van der Waals surface area contributed by atoms with Gasteiger partial charge >= 0.3 is 11.9 Å². The lowest BCUT2D eigenvalue weighted by Gasteiger charge is -2.22. The number of hydrogen-bond donors (Lipinski definition) is 0. The van der Waals surface area contributed by atoms with E-state index in [1.807, 2.05) is 20.8 Å². The van der Waals surface area contributed by atoms with Crippen molar-refractivity contribution in [1.82, 2.24) is 0 Å². The van der Waals surface area contributed by atoms with Crippen LogP contribution in [0.25, 0.3) is 0 Å². The Hall–Kier alpha value is -1.55. The van der Waals surface area contributed by atoms with Gasteiger partial charge in [-0.3, -0.25) is 9.59 Å². The zero-order valence-corrected chi connectivity index (χ0v) is 18.5. The Kier molecular flexibility index (Phi) is 11.9. The summed E-state index contributed by atoms with van der Waals surface area (Å²) in [5.41, 5.74) is 2.36. The van der Waals surface area contributed by atoms with E-state index in [2.05, 4.69) is 31.2 Å². The van der Waals surface area contributed by atoms with E-state index in [0.717, 1.165) is 31.2 Å². The summed E-state index contributed by atoms with van der Waals surface area (Å²) in [7, 11) is 0. The van der Waals surface area contributed by atoms with Crippen molar-refractivity contribution >= 4 is 23.5 Å². The molecule has 0 bridgehead atoms. The summed E-state index contributed by atoms with van der Waals surface area (Å²) in [4.78, 5) is 24.7. The molecule has 1 aromatic carbocycles. The molecule has 158 valence electrons. The van der Waals surface area contributed by atoms with E-state index in [1.165, 1.54) is 5.56 Å². The number of hydrogen-bond acceptors (Lipinski definition) is 4. The van der Waals surface area contributed by atoms with Gasteiger partial charge in [-0.25, -0.2) is 0 Å². The lowest BCUT2D eigenvalue weighted by atomic mass is 9.87. The van der Waals surface area contributed by atoms with Crippen molar-refractivity contribution in [1.29, 1.82) is 0 Å². The van der Waals surface area contributed by atoms with Crippen molar-refractivity contribution in [2.24, 2.45) is 5.92 Å². The minimum absolute atomic E-state index is 0.157. The van der Waals surface area contributed by atoms with Gasteiger partial charge in [-0.1, -0.05) is 63.4 Å². The summed E-state index contributed by atoms with van der Waals surface area (Å²) in [6.45, 7) is 8.97. The van der Waals surface area contributed by atoms with Gasteiger partial charge in [-0.15, -0.1) is 11.6 Å². The monoisotopic (exact) mass is 410 g/mol. The van der Waals surface area contributed by atoms with E-state index in [9.17, 15) is 9.59 Å². The molecule has 0 aromatic heterocycles. The van der Waals surface area contributed by atoms with Crippen LogP contribution in [0.1, 0.15) is 76.3 Å². The van der Waals surface area contributed by atoms with E-state index in [4.69, 9.17) is 21.1 Å². The van der Waals surface area contributed by atoms with Crippen LogP contribution in [-0.4, -0.2) is 30.5 Å². The van der Waals surface area contributed by atoms with Crippen molar-refractivity contribution in [3.05, 3.63) is 35.4 Å². The second kappa shape index (κ2) is 13.6. The van der Waals surface area contributed by atoms with Gasteiger partial charge in [0, 0.05) is 0 Å². The van der Waals surface area contributed by atoms with Crippen molar-refractivity contribution in [2.45, 2.75) is 77.5 Å². The van der Waals surface area contributed by atoms with Crippen LogP contribution < -0.4 is 0 Å². The average Bonchev–Trinajstić information content (AvgIpc) is 2.68. The molecule has 0 amide bonds. The maximum Gasteiger partial charge on any atom is 0.324 e. The van der Waals surface area contributed by atoms with Crippen LogP contribution in [0.15, 0.2) is 24.3 Å². The summed E-state index contributed by atoms with van der Waals surface area (Å²) in [6, 6.07) is 8.29. The van der Waals surface area contributed by atoms with Crippen molar-refractivity contribution in [2.75, 3.05) is 13.2 Å². The molecule has 0 fully saturated rings. The number of esters is 2. The number of carbonyl (C=O) groups is 2. The second-order valence-electron chi connectivity index (χ2n) is 7.49. The number of halogens is 1. The van der Waals surface area contributed by atoms with E-state index in [0.29, 0.717) is 19.6 Å². The largest absolute Gasteiger partial charge is 0.465 e. The quantitative estimate of drug-likeness (QED) is 0.234. The summed E-state index contributed by atoms with van der Waals surface area (Å²) >= 11 is 6.28. The van der Waals surface area contributed by atoms with E-state index < -0.39 is 17.3 Å². The molecule has 0 spiro atoms. The molecule has 0 aliphatic heterocycles. The van der Waals surface area contributed by atoms with Gasteiger partial charge in [0.05, 0.1) is 19.1 Å². The van der Waals surface area contributed by atoms with E-state index >= 15 is 0 Å². The van der Waals surface area contributed by atoms with Crippen LogP contribution >= 0.6 is 11.6 Å². The highest BCUT2D eigenvalue weighted by atomic mass is 35.5. The van der Waals surface area contributed by atoms with Crippen molar-refractivity contribution in [3.8, 4) is 0 Å². The Morgan fingerprint density at radius 2 is 1.46 bits per heavy atom. The molecule has 0 saturated carbocycles. The van der Waals surface area contributed by atoms with Crippen LogP contribution in [0, 0.1) is 12.8 Å². The molecule has 3 unspecified atom stereocenters. The SMILES string of the molecule is CCCCOC(=O)C(Cl)CC(CC(C)c1ccc(C)cc1)C(=O)OCCCC. The number of aryl methyl sites for hydroxylation is 1. The molecule has 0 saturated heterocycles. The molecular weight excluding hydrogens is 376 g/mol. The topological polar surface area (TPSA) is 52.6 Å².